The van der Waals surface area contributed by atoms with Gasteiger partial charge in [0.1, 0.15) is 5.60 Å². The van der Waals surface area contributed by atoms with Crippen molar-refractivity contribution in [2.24, 2.45) is 0 Å². The van der Waals surface area contributed by atoms with Gasteiger partial charge >= 0.3 is 50.7 Å². The van der Waals surface area contributed by atoms with Crippen LogP contribution in [0.25, 0.3) is 0 Å². The van der Waals surface area contributed by atoms with Gasteiger partial charge in [-0.1, -0.05) is 0 Å². The first-order chi connectivity index (χ1) is 5.78. The predicted molar refractivity (Wildman–Crippen MR) is 31.8 cm³/mol. The summed E-state index contributed by atoms with van der Waals surface area (Å²) in [6.45, 7) is 0. The number of carbonyl (C=O) groups is 3. The summed E-state index contributed by atoms with van der Waals surface area (Å²) < 4.78 is 0. The van der Waals surface area contributed by atoms with E-state index in [-0.39, 0.29) is 44.8 Å². The van der Waals surface area contributed by atoms with Crippen LogP contribution in [0, 0.1) is 0 Å². The molecule has 2 N–H and O–H groups in total. The van der Waals surface area contributed by atoms with Crippen molar-refractivity contribution >= 4 is 17.9 Å². The summed E-state index contributed by atoms with van der Waals surface area (Å²) >= 11 is 0. The van der Waals surface area contributed by atoms with Gasteiger partial charge in [0.25, 0.3) is 0 Å². The molecule has 0 amide bonds. The summed E-state index contributed by atoms with van der Waals surface area (Å²) in [6.07, 6.45) is -2.56. The second-order valence-corrected chi connectivity index (χ2v) is 2.44. The van der Waals surface area contributed by atoms with E-state index in [4.69, 9.17) is 10.2 Å². The van der Waals surface area contributed by atoms with Crippen molar-refractivity contribution in [1.29, 1.82) is 0 Å². The van der Waals surface area contributed by atoms with E-state index in [9.17, 15) is 24.6 Å². The largest absolute Gasteiger partial charge is 1.00 e. The third kappa shape index (κ3) is 7.74. The first-order valence-corrected chi connectivity index (χ1v) is 3.13. The molecule has 0 aliphatic rings. The van der Waals surface area contributed by atoms with E-state index in [1.165, 1.54) is 0 Å². The molecule has 1 unspecified atom stereocenters. The van der Waals surface area contributed by atoms with Crippen LogP contribution >= 0.6 is 0 Å². The Labute approximate surface area is 115 Å². The van der Waals surface area contributed by atoms with Gasteiger partial charge in [-0.25, -0.2) is 0 Å². The molecule has 0 rings (SSSR count). The zero-order chi connectivity index (χ0) is 10.6. The van der Waals surface area contributed by atoms with Crippen molar-refractivity contribution in [2.45, 2.75) is 18.4 Å². The van der Waals surface area contributed by atoms with Crippen LogP contribution in [0.3, 0.4) is 0 Å². The molecular weight excluding hydrogens is 400 g/mol. The Morgan fingerprint density at radius 3 is 1.67 bits per heavy atom. The van der Waals surface area contributed by atoms with Crippen LogP contribution < -0.4 is 10.2 Å². The molecule has 9 heteroatoms. The molecule has 7 nitrogen and oxygen atoms in total. The van der Waals surface area contributed by atoms with E-state index in [0.717, 1.165) is 0 Å². The molecule has 0 radical (unpaired) electrons. The summed E-state index contributed by atoms with van der Waals surface area (Å²) in [4.78, 5) is 30.2. The Bertz CT molecular complexity index is 236. The van der Waals surface area contributed by atoms with Gasteiger partial charge in [0, 0.05) is 12.4 Å². The smallest absolute Gasteiger partial charge is 0.550 e. The minimum absolute atomic E-state index is 0. The molecular formula is C6H6Ag2O7. The number of aliphatic carboxylic acids is 3. The van der Waals surface area contributed by atoms with E-state index in [0.29, 0.717) is 0 Å². The number of carboxylic acids is 3. The molecule has 0 fully saturated rings. The zero-order valence-corrected chi connectivity index (χ0v) is 9.92. The summed E-state index contributed by atoms with van der Waals surface area (Å²) in [5.74, 6) is -5.67. The predicted octanol–water partition coefficient (Wildman–Crippen LogP) is -3.92. The van der Waals surface area contributed by atoms with Crippen molar-refractivity contribution in [3.8, 4) is 0 Å². The summed E-state index contributed by atoms with van der Waals surface area (Å²) in [5, 5.41) is 37.2. The van der Waals surface area contributed by atoms with E-state index in [1.54, 1.807) is 0 Å². The van der Waals surface area contributed by atoms with Crippen LogP contribution in [0.4, 0.5) is 0 Å². The molecule has 0 aromatic heterocycles. The number of hydrogen-bond donors (Lipinski definition) is 2. The maximum Gasteiger partial charge on any atom is 1.00 e. The maximum atomic E-state index is 10.2. The van der Waals surface area contributed by atoms with Crippen molar-refractivity contribution < 1.29 is 79.6 Å². The number of carbonyl (C=O) groups excluding carboxylic acids is 2. The standard InChI is InChI=1S/C6H8O7.2Ag/c7-3(8)1-6(13,5(11)12)2-4(9)10;;/h13H,1-2H2,(H,7,8)(H,9,10)(H,11,12);;/q;2*+1/p-2. The SMILES string of the molecule is O=C([O-])CC(O)(CC(=O)O)C(=O)[O-].[Ag+].[Ag+]. The zero-order valence-electron chi connectivity index (χ0n) is 6.95. The summed E-state index contributed by atoms with van der Waals surface area (Å²) in [7, 11) is 0. The molecule has 0 saturated carbocycles. The van der Waals surface area contributed by atoms with Crippen LogP contribution in [-0.4, -0.2) is 33.7 Å². The number of hydrogen-bond acceptors (Lipinski definition) is 6. The Hall–Kier alpha value is -0.149. The van der Waals surface area contributed by atoms with Crippen molar-refractivity contribution in [2.75, 3.05) is 0 Å². The number of aliphatic hydroxyl groups is 1. The fourth-order valence-electron chi connectivity index (χ4n) is 0.696. The minimum atomic E-state index is -2.91. The van der Waals surface area contributed by atoms with Gasteiger partial charge in [-0.3, -0.25) is 4.79 Å². The van der Waals surface area contributed by atoms with Gasteiger partial charge in [0.05, 0.1) is 12.4 Å². The van der Waals surface area contributed by atoms with Gasteiger partial charge in [-0.05, 0) is 0 Å². The van der Waals surface area contributed by atoms with E-state index in [1.807, 2.05) is 0 Å². The minimum Gasteiger partial charge on any atom is -0.550 e. The maximum absolute atomic E-state index is 10.2. The number of carboxylic acid groups (broad SMARTS) is 3. The summed E-state index contributed by atoms with van der Waals surface area (Å²) in [5.41, 5.74) is -2.91. The fraction of sp³-hybridized carbons (Fsp3) is 0.500. The normalized spacial score (nSPS) is 12.6. The molecule has 0 saturated heterocycles. The second kappa shape index (κ2) is 8.06. The monoisotopic (exact) mass is 404 g/mol. The third-order valence-corrected chi connectivity index (χ3v) is 1.26. The van der Waals surface area contributed by atoms with Crippen molar-refractivity contribution in [1.82, 2.24) is 0 Å². The molecule has 0 spiro atoms. The average Bonchev–Trinajstić information content (AvgIpc) is 1.82. The quantitative estimate of drug-likeness (QED) is 0.445. The molecule has 0 aromatic rings. The first kappa shape index (κ1) is 20.3. The van der Waals surface area contributed by atoms with Crippen LogP contribution in [0.5, 0.6) is 0 Å². The van der Waals surface area contributed by atoms with E-state index in [2.05, 4.69) is 0 Å². The topological polar surface area (TPSA) is 138 Å². The Morgan fingerprint density at radius 1 is 1.07 bits per heavy atom. The van der Waals surface area contributed by atoms with Crippen LogP contribution in [0.1, 0.15) is 12.8 Å². The molecule has 0 bridgehead atoms. The number of rotatable bonds is 5. The van der Waals surface area contributed by atoms with Gasteiger partial charge in [-0.2, -0.15) is 0 Å². The Balaban J connectivity index is -0.000000720. The van der Waals surface area contributed by atoms with E-state index >= 15 is 0 Å². The molecule has 15 heavy (non-hydrogen) atoms. The second-order valence-electron chi connectivity index (χ2n) is 2.44. The van der Waals surface area contributed by atoms with Crippen molar-refractivity contribution in [3.63, 3.8) is 0 Å². The molecule has 94 valence electrons. The molecule has 0 aromatic carbocycles. The van der Waals surface area contributed by atoms with Gasteiger partial charge < -0.3 is 30.0 Å². The Kier molecular flexibility index (Phi) is 10.9. The fourth-order valence-corrected chi connectivity index (χ4v) is 0.696. The average molecular weight is 406 g/mol. The van der Waals surface area contributed by atoms with Crippen molar-refractivity contribution in [3.05, 3.63) is 0 Å². The van der Waals surface area contributed by atoms with Crippen LogP contribution in [0.2, 0.25) is 0 Å². The summed E-state index contributed by atoms with van der Waals surface area (Å²) in [6, 6.07) is 0. The van der Waals surface area contributed by atoms with Gasteiger partial charge in [-0.15, -0.1) is 0 Å². The molecule has 0 aliphatic heterocycles. The third-order valence-electron chi connectivity index (χ3n) is 1.26. The molecule has 0 aliphatic carbocycles. The molecule has 1 atom stereocenters. The molecule has 0 heterocycles. The van der Waals surface area contributed by atoms with Gasteiger partial charge in [0.2, 0.25) is 0 Å². The van der Waals surface area contributed by atoms with Crippen LogP contribution in [-0.2, 0) is 59.1 Å². The van der Waals surface area contributed by atoms with Crippen LogP contribution in [0.15, 0.2) is 0 Å². The first-order valence-electron chi connectivity index (χ1n) is 3.13. The Morgan fingerprint density at radius 2 is 1.47 bits per heavy atom. The van der Waals surface area contributed by atoms with E-state index < -0.39 is 36.4 Å². The van der Waals surface area contributed by atoms with Gasteiger partial charge in [0.15, 0.2) is 0 Å².